The van der Waals surface area contributed by atoms with Gasteiger partial charge in [0.05, 0.1) is 9.95 Å². The molecule has 0 bridgehead atoms. The monoisotopic (exact) mass is 533 g/mol. The Morgan fingerprint density at radius 2 is 1.93 bits per heavy atom. The number of amides is 1. The van der Waals surface area contributed by atoms with Gasteiger partial charge in [0.25, 0.3) is 21.6 Å². The van der Waals surface area contributed by atoms with Gasteiger partial charge in [-0.25, -0.2) is 13.1 Å². The zero-order valence-corrected chi connectivity index (χ0v) is 18.8. The number of halogens is 3. The Balaban J connectivity index is 2.02. The van der Waals surface area contributed by atoms with Crippen molar-refractivity contribution in [2.24, 2.45) is 0 Å². The summed E-state index contributed by atoms with van der Waals surface area (Å²) < 4.78 is 32.4. The number of sulfonamides is 1. The van der Waals surface area contributed by atoms with E-state index in [1.54, 1.807) is 0 Å². The molecule has 2 aromatic carbocycles. The predicted molar refractivity (Wildman–Crippen MR) is 112 cm³/mol. The number of carbonyl (C=O) groups excluding carboxylic acids is 1. The van der Waals surface area contributed by atoms with E-state index in [1.807, 2.05) is 4.72 Å². The smallest absolute Gasteiger partial charge is 0.270 e. The van der Waals surface area contributed by atoms with Gasteiger partial charge in [0, 0.05) is 27.2 Å². The first-order valence-electron chi connectivity index (χ1n) is 7.94. The molecule has 156 valence electrons. The molecule has 0 saturated carbocycles. The minimum atomic E-state index is -4.48. The Hall–Kier alpha value is -2.47. The number of aromatic nitrogens is 1. The first kappa shape index (κ1) is 22.2. The molecule has 9 nitrogen and oxygen atoms in total. The number of nitro groups is 1. The van der Waals surface area contributed by atoms with E-state index in [-0.39, 0.29) is 26.5 Å². The normalized spacial score (nSPS) is 11.3. The van der Waals surface area contributed by atoms with Crippen LogP contribution in [0, 0.1) is 17.0 Å². The summed E-state index contributed by atoms with van der Waals surface area (Å²) in [7, 11) is -4.48. The number of rotatable bonds is 5. The minimum absolute atomic E-state index is 0.0139. The fraction of sp³-hybridized carbons (Fsp3) is 0.0588. The molecule has 13 heteroatoms. The van der Waals surface area contributed by atoms with Crippen molar-refractivity contribution in [1.29, 1.82) is 0 Å². The highest BCUT2D eigenvalue weighted by Gasteiger charge is 2.29. The Kier molecular flexibility index (Phi) is 6.18. The lowest BCUT2D eigenvalue weighted by atomic mass is 10.1. The summed E-state index contributed by atoms with van der Waals surface area (Å²) in [5.41, 5.74) is -0.304. The molecule has 3 rings (SSSR count). The summed E-state index contributed by atoms with van der Waals surface area (Å²) in [5.74, 6) is -1.00. The van der Waals surface area contributed by atoms with Gasteiger partial charge in [-0.3, -0.25) is 14.9 Å². The number of nitrogens with zero attached hydrogens (tertiary/aromatic N) is 2. The summed E-state index contributed by atoms with van der Waals surface area (Å²) in [6.45, 7) is 1.42. The number of hydrogen-bond acceptors (Lipinski definition) is 7. The summed E-state index contributed by atoms with van der Waals surface area (Å²) in [6, 6.07) is 7.60. The van der Waals surface area contributed by atoms with E-state index in [0.29, 0.717) is 10.6 Å². The molecule has 0 aliphatic heterocycles. The molecule has 0 fully saturated rings. The van der Waals surface area contributed by atoms with Gasteiger partial charge in [-0.2, -0.15) is 0 Å². The molecule has 1 aromatic heterocycles. The van der Waals surface area contributed by atoms with Crippen LogP contribution in [-0.4, -0.2) is 24.4 Å². The van der Waals surface area contributed by atoms with Crippen molar-refractivity contribution in [3.05, 3.63) is 72.4 Å². The van der Waals surface area contributed by atoms with E-state index in [9.17, 15) is 23.3 Å². The topological polar surface area (TPSA) is 132 Å². The molecule has 0 aliphatic carbocycles. The number of aryl methyl sites for hydroxylation is 1. The second-order valence-electron chi connectivity index (χ2n) is 5.89. The van der Waals surface area contributed by atoms with E-state index >= 15 is 0 Å². The van der Waals surface area contributed by atoms with Gasteiger partial charge in [-0.15, -0.1) is 0 Å². The van der Waals surface area contributed by atoms with Crippen LogP contribution in [0.2, 0.25) is 10.0 Å². The Morgan fingerprint density at radius 1 is 1.23 bits per heavy atom. The molecule has 3 aromatic rings. The molecule has 1 N–H and O–H groups in total. The van der Waals surface area contributed by atoms with Crippen LogP contribution in [-0.2, 0) is 10.0 Å². The second-order valence-corrected chi connectivity index (χ2v) is 9.24. The zero-order valence-electron chi connectivity index (χ0n) is 14.9. The summed E-state index contributed by atoms with van der Waals surface area (Å²) in [6.07, 6.45) is 0. The third kappa shape index (κ3) is 4.33. The van der Waals surface area contributed by atoms with E-state index < -0.39 is 31.4 Å². The fourth-order valence-electron chi connectivity index (χ4n) is 2.54. The Morgan fingerprint density at radius 3 is 2.57 bits per heavy atom. The maximum atomic E-state index is 12.8. The van der Waals surface area contributed by atoms with Gasteiger partial charge in [-0.1, -0.05) is 28.4 Å². The highest BCUT2D eigenvalue weighted by molar-refractivity contribution is 9.10. The van der Waals surface area contributed by atoms with Crippen molar-refractivity contribution in [1.82, 2.24) is 9.88 Å². The maximum absolute atomic E-state index is 12.8. The van der Waals surface area contributed by atoms with Crippen molar-refractivity contribution < 1.29 is 22.7 Å². The van der Waals surface area contributed by atoms with Gasteiger partial charge in [-0.05, 0) is 47.1 Å². The van der Waals surface area contributed by atoms with Gasteiger partial charge in [0.15, 0.2) is 0 Å². The van der Waals surface area contributed by atoms with E-state index in [0.717, 1.165) is 12.1 Å². The lowest BCUT2D eigenvalue weighted by molar-refractivity contribution is -0.385. The number of non-ortho nitro benzene ring substituents is 1. The van der Waals surface area contributed by atoms with Crippen LogP contribution in [0.5, 0.6) is 0 Å². The highest BCUT2D eigenvalue weighted by Crippen LogP contribution is 2.33. The first-order valence-corrected chi connectivity index (χ1v) is 11.0. The number of nitrogens with one attached hydrogen (secondary N) is 1. The van der Waals surface area contributed by atoms with Crippen LogP contribution in [0.1, 0.15) is 16.1 Å². The van der Waals surface area contributed by atoms with Crippen LogP contribution in [0.25, 0.3) is 11.3 Å². The molecule has 0 saturated heterocycles. The molecule has 1 heterocycles. The van der Waals surface area contributed by atoms with Crippen LogP contribution in [0.15, 0.2) is 50.3 Å². The minimum Gasteiger partial charge on any atom is -0.360 e. The highest BCUT2D eigenvalue weighted by atomic mass is 79.9. The van der Waals surface area contributed by atoms with Crippen LogP contribution < -0.4 is 4.72 Å². The molecule has 0 aliphatic rings. The van der Waals surface area contributed by atoms with E-state index in [2.05, 4.69) is 21.1 Å². The molecule has 0 radical (unpaired) electrons. The van der Waals surface area contributed by atoms with Crippen molar-refractivity contribution >= 4 is 60.7 Å². The van der Waals surface area contributed by atoms with E-state index in [1.165, 1.54) is 31.2 Å². The van der Waals surface area contributed by atoms with Crippen molar-refractivity contribution in [3.63, 3.8) is 0 Å². The lowest BCUT2D eigenvalue weighted by Gasteiger charge is -2.09. The van der Waals surface area contributed by atoms with Crippen molar-refractivity contribution in [3.8, 4) is 11.3 Å². The largest absolute Gasteiger partial charge is 0.360 e. The molecule has 0 spiro atoms. The summed E-state index contributed by atoms with van der Waals surface area (Å²) >= 11 is 15.1. The van der Waals surface area contributed by atoms with Gasteiger partial charge >= 0.3 is 0 Å². The maximum Gasteiger partial charge on any atom is 0.270 e. The number of benzene rings is 2. The Labute approximate surface area is 188 Å². The number of carbonyl (C=O) groups is 1. The predicted octanol–water partition coefficient (Wildman–Crippen LogP) is 4.75. The SMILES string of the molecule is Cc1onc(-c2ccc(Cl)cc2Cl)c1C(=O)NS(=O)(=O)c1cc([N+](=O)[O-])ccc1Br. The first-order chi connectivity index (χ1) is 14.0. The van der Waals surface area contributed by atoms with E-state index in [4.69, 9.17) is 27.7 Å². The van der Waals surface area contributed by atoms with Crippen molar-refractivity contribution in [2.45, 2.75) is 11.8 Å². The van der Waals surface area contributed by atoms with Gasteiger partial charge in [0.1, 0.15) is 21.9 Å². The van der Waals surface area contributed by atoms with Crippen LogP contribution in [0.3, 0.4) is 0 Å². The zero-order chi connectivity index (χ0) is 22.2. The third-order valence-corrected chi connectivity index (χ3v) is 6.79. The summed E-state index contributed by atoms with van der Waals surface area (Å²) in [4.78, 5) is 22.5. The molecule has 1 amide bonds. The average Bonchev–Trinajstić information content (AvgIpc) is 3.02. The second kappa shape index (κ2) is 8.34. The Bertz CT molecular complexity index is 1290. The van der Waals surface area contributed by atoms with Gasteiger partial charge < -0.3 is 4.52 Å². The number of hydrogen-bond donors (Lipinski definition) is 1. The van der Waals surface area contributed by atoms with Crippen LogP contribution >= 0.6 is 39.1 Å². The fourth-order valence-corrected chi connectivity index (χ4v) is 4.99. The number of nitro benzene ring substituents is 1. The average molecular weight is 535 g/mol. The molecule has 30 heavy (non-hydrogen) atoms. The quantitative estimate of drug-likeness (QED) is 0.369. The molecular formula is C17H10BrCl2N3O6S. The third-order valence-electron chi connectivity index (χ3n) is 3.92. The molecule has 0 atom stereocenters. The molecular weight excluding hydrogens is 525 g/mol. The lowest BCUT2D eigenvalue weighted by Crippen LogP contribution is -2.31. The molecule has 0 unspecified atom stereocenters. The van der Waals surface area contributed by atoms with Crippen LogP contribution in [0.4, 0.5) is 5.69 Å². The summed E-state index contributed by atoms with van der Waals surface area (Å²) in [5, 5.41) is 15.3. The van der Waals surface area contributed by atoms with Gasteiger partial charge in [0.2, 0.25) is 0 Å². The standard InChI is InChI=1S/C17H10BrCl2N3O6S/c1-8-15(16(21-29-8)11-4-2-9(19)6-13(11)20)17(24)22-30(27,28)14-7-10(23(25)26)3-5-12(14)18/h2-7H,1H3,(H,22,24). The van der Waals surface area contributed by atoms with Crippen molar-refractivity contribution in [2.75, 3.05) is 0 Å².